The van der Waals surface area contributed by atoms with Gasteiger partial charge in [0.05, 0.1) is 0 Å². The number of hydrogen-bond acceptors (Lipinski definition) is 3. The van der Waals surface area contributed by atoms with Gasteiger partial charge in [0, 0.05) is 6.61 Å². The van der Waals surface area contributed by atoms with Gasteiger partial charge in [0.2, 0.25) is 0 Å². The van der Waals surface area contributed by atoms with E-state index in [2.05, 4.69) is 41.5 Å². The van der Waals surface area contributed by atoms with Crippen molar-refractivity contribution >= 4 is 8.32 Å². The Hall–Kier alpha value is 0.0969. The molecule has 1 N–H and O–H groups in total. The Morgan fingerprint density at radius 1 is 0.952 bits per heavy atom. The second-order valence-electron chi connectivity index (χ2n) is 7.73. The van der Waals surface area contributed by atoms with Crippen molar-refractivity contribution in [3.8, 4) is 0 Å². The summed E-state index contributed by atoms with van der Waals surface area (Å²) in [5, 5.41) is 10.2. The minimum atomic E-state index is -1.72. The largest absolute Gasteiger partial charge is 0.416 e. The Bertz CT molecular complexity index is 267. The fraction of sp³-hybridized carbons (Fsp3) is 1.00. The lowest BCUT2D eigenvalue weighted by molar-refractivity contribution is -0.0737. The summed E-state index contributed by atoms with van der Waals surface area (Å²) in [7, 11) is 2.12. The van der Waals surface area contributed by atoms with Crippen molar-refractivity contribution in [3.05, 3.63) is 0 Å². The van der Waals surface area contributed by atoms with Gasteiger partial charge in [0.15, 0.2) is 8.32 Å². The highest BCUT2D eigenvalue weighted by atomic mass is 28.4. The number of hydrogen-bond donors (Lipinski definition) is 1. The summed E-state index contributed by atoms with van der Waals surface area (Å²) in [6, 6.07) is 0. The topological polar surface area (TPSA) is 32.7 Å². The molecule has 21 heavy (non-hydrogen) atoms. The van der Waals surface area contributed by atoms with E-state index in [0.717, 1.165) is 25.9 Å². The second-order valence-corrected chi connectivity index (χ2v) is 13.2. The zero-order valence-corrected chi connectivity index (χ0v) is 16.9. The molecule has 0 fully saturated rings. The molecule has 0 aliphatic heterocycles. The Kier molecular flexibility index (Phi) is 8.70. The SMILES string of the molecule is CC(C)[Si](OCCCCC(C)(O)N(C)C)(C(C)C)C(C)C. The fourth-order valence-electron chi connectivity index (χ4n) is 3.53. The second kappa shape index (κ2) is 8.66. The van der Waals surface area contributed by atoms with Crippen LogP contribution in [-0.4, -0.2) is 44.8 Å². The molecular formula is C17H39NO2Si. The van der Waals surface area contributed by atoms with Gasteiger partial charge in [-0.2, -0.15) is 0 Å². The van der Waals surface area contributed by atoms with Crippen molar-refractivity contribution in [2.24, 2.45) is 0 Å². The van der Waals surface area contributed by atoms with Crippen molar-refractivity contribution in [2.45, 2.75) is 90.1 Å². The van der Waals surface area contributed by atoms with Crippen LogP contribution in [0.25, 0.3) is 0 Å². The van der Waals surface area contributed by atoms with Crippen LogP contribution in [0.5, 0.6) is 0 Å². The molecule has 4 heteroatoms. The maximum Gasteiger partial charge on any atom is 0.200 e. The number of nitrogens with zero attached hydrogens (tertiary/aromatic N) is 1. The quantitative estimate of drug-likeness (QED) is 0.362. The molecule has 128 valence electrons. The van der Waals surface area contributed by atoms with Gasteiger partial charge in [-0.3, -0.25) is 4.90 Å². The maximum absolute atomic E-state index is 10.2. The first kappa shape index (κ1) is 21.1. The van der Waals surface area contributed by atoms with E-state index in [1.165, 1.54) is 0 Å². The van der Waals surface area contributed by atoms with E-state index in [1.54, 1.807) is 0 Å². The van der Waals surface area contributed by atoms with Crippen molar-refractivity contribution in [3.63, 3.8) is 0 Å². The average Bonchev–Trinajstić information content (AvgIpc) is 2.31. The molecule has 0 saturated carbocycles. The van der Waals surface area contributed by atoms with Gasteiger partial charge in [-0.25, -0.2) is 0 Å². The summed E-state index contributed by atoms with van der Waals surface area (Å²) >= 11 is 0. The van der Waals surface area contributed by atoms with Crippen molar-refractivity contribution in [2.75, 3.05) is 20.7 Å². The van der Waals surface area contributed by atoms with Gasteiger partial charge < -0.3 is 9.53 Å². The van der Waals surface area contributed by atoms with Crippen LogP contribution in [0.4, 0.5) is 0 Å². The van der Waals surface area contributed by atoms with Crippen LogP contribution < -0.4 is 0 Å². The maximum atomic E-state index is 10.2. The van der Waals surface area contributed by atoms with Crippen molar-refractivity contribution < 1.29 is 9.53 Å². The van der Waals surface area contributed by atoms with Gasteiger partial charge in [0.25, 0.3) is 0 Å². The molecule has 0 aliphatic rings. The van der Waals surface area contributed by atoms with Crippen molar-refractivity contribution in [1.29, 1.82) is 0 Å². The average molecular weight is 318 g/mol. The predicted molar refractivity (Wildman–Crippen MR) is 95.2 cm³/mol. The van der Waals surface area contributed by atoms with Gasteiger partial charge in [-0.05, 0) is 56.9 Å². The summed E-state index contributed by atoms with van der Waals surface area (Å²) in [5.41, 5.74) is 1.22. The lowest BCUT2D eigenvalue weighted by atomic mass is 10.1. The molecule has 0 spiro atoms. The number of aliphatic hydroxyl groups is 1. The van der Waals surface area contributed by atoms with Gasteiger partial charge in [-0.1, -0.05) is 41.5 Å². The lowest BCUT2D eigenvalue weighted by Gasteiger charge is -2.42. The smallest absolute Gasteiger partial charge is 0.200 e. The van der Waals surface area contributed by atoms with Crippen LogP contribution >= 0.6 is 0 Å². The lowest BCUT2D eigenvalue weighted by Crippen LogP contribution is -2.48. The normalized spacial score (nSPS) is 16.3. The molecule has 1 unspecified atom stereocenters. The molecule has 0 aliphatic carbocycles. The Labute approximate surface area is 134 Å². The Balaban J connectivity index is 4.41. The van der Waals surface area contributed by atoms with E-state index in [4.69, 9.17) is 4.43 Å². The minimum absolute atomic E-state index is 0.641. The molecule has 0 aromatic heterocycles. The van der Waals surface area contributed by atoms with Crippen molar-refractivity contribution in [1.82, 2.24) is 4.90 Å². The number of rotatable bonds is 10. The molecule has 0 saturated heterocycles. The van der Waals surface area contributed by atoms with Gasteiger partial charge >= 0.3 is 0 Å². The third-order valence-corrected chi connectivity index (χ3v) is 11.2. The van der Waals surface area contributed by atoms with E-state index < -0.39 is 14.0 Å². The van der Waals surface area contributed by atoms with Crippen LogP contribution in [0.2, 0.25) is 16.6 Å². The summed E-state index contributed by atoms with van der Waals surface area (Å²) in [6.45, 7) is 16.7. The monoisotopic (exact) mass is 317 g/mol. The van der Waals surface area contributed by atoms with Crippen LogP contribution in [0.3, 0.4) is 0 Å². The first-order valence-corrected chi connectivity index (χ1v) is 10.7. The summed E-state index contributed by atoms with van der Waals surface area (Å²) in [4.78, 5) is 1.88. The molecule has 0 aromatic rings. The highest BCUT2D eigenvalue weighted by Crippen LogP contribution is 2.42. The third-order valence-electron chi connectivity index (χ3n) is 5.07. The van der Waals surface area contributed by atoms with E-state index >= 15 is 0 Å². The van der Waals surface area contributed by atoms with Crippen LogP contribution in [0.15, 0.2) is 0 Å². The third kappa shape index (κ3) is 5.66. The molecule has 1 atom stereocenters. The van der Waals surface area contributed by atoms with Crippen LogP contribution in [0.1, 0.15) is 67.7 Å². The molecule has 3 nitrogen and oxygen atoms in total. The summed E-state index contributed by atoms with van der Waals surface area (Å²) in [5.74, 6) is 0. The Morgan fingerprint density at radius 3 is 1.71 bits per heavy atom. The van der Waals surface area contributed by atoms with E-state index in [9.17, 15) is 5.11 Å². The van der Waals surface area contributed by atoms with Crippen LogP contribution in [-0.2, 0) is 4.43 Å². The molecule has 0 heterocycles. The van der Waals surface area contributed by atoms with E-state index in [-0.39, 0.29) is 0 Å². The molecule has 0 amide bonds. The fourth-order valence-corrected chi connectivity index (χ4v) is 9.03. The van der Waals surface area contributed by atoms with Gasteiger partial charge in [-0.15, -0.1) is 0 Å². The predicted octanol–water partition coefficient (Wildman–Crippen LogP) is 4.62. The summed E-state index contributed by atoms with van der Waals surface area (Å²) < 4.78 is 6.53. The first-order valence-electron chi connectivity index (χ1n) is 8.52. The number of unbranched alkanes of at least 4 members (excludes halogenated alkanes) is 1. The summed E-state index contributed by atoms with van der Waals surface area (Å²) in [6.07, 6.45) is 2.83. The Morgan fingerprint density at radius 2 is 1.38 bits per heavy atom. The molecule has 0 aromatic carbocycles. The standard InChI is InChI=1S/C17H39NO2Si/c1-14(2)21(15(3)4,16(5)6)20-13-11-10-12-17(7,19)18(8)9/h14-16,19H,10-13H2,1-9H3. The van der Waals surface area contributed by atoms with Gasteiger partial charge in [0.1, 0.15) is 5.72 Å². The molecular weight excluding hydrogens is 278 g/mol. The highest BCUT2D eigenvalue weighted by Gasteiger charge is 2.44. The minimum Gasteiger partial charge on any atom is -0.416 e. The first-order chi connectivity index (χ1) is 9.48. The molecule has 0 radical (unpaired) electrons. The highest BCUT2D eigenvalue weighted by molar-refractivity contribution is 6.77. The zero-order valence-electron chi connectivity index (χ0n) is 15.9. The molecule has 0 bridgehead atoms. The molecule has 0 rings (SSSR count). The zero-order chi connectivity index (χ0) is 16.8. The van der Waals surface area contributed by atoms with Crippen LogP contribution in [0, 0.1) is 0 Å². The van der Waals surface area contributed by atoms with E-state index in [0.29, 0.717) is 16.6 Å². The van der Waals surface area contributed by atoms with E-state index in [1.807, 2.05) is 25.9 Å².